The van der Waals surface area contributed by atoms with E-state index in [9.17, 15) is 19.3 Å². The number of hydrogen-bond donors (Lipinski definition) is 2. The van der Waals surface area contributed by atoms with Crippen LogP contribution in [0, 0.1) is 15.9 Å². The maximum absolute atomic E-state index is 13.9. The minimum Gasteiger partial charge on any atom is -0.488 e. The molecule has 2 rings (SSSR count). The van der Waals surface area contributed by atoms with Crippen molar-refractivity contribution in [1.82, 2.24) is 4.90 Å². The first-order valence-corrected chi connectivity index (χ1v) is 7.79. The monoisotopic (exact) mass is 379 g/mol. The third-order valence-electron chi connectivity index (χ3n) is 3.34. The summed E-state index contributed by atoms with van der Waals surface area (Å²) in [6.45, 7) is 0.840. The summed E-state index contributed by atoms with van der Waals surface area (Å²) in [7, 11) is 3.70. The number of non-ortho nitro benzene ring substituents is 1. The van der Waals surface area contributed by atoms with Gasteiger partial charge in [-0.2, -0.15) is 0 Å². The van der Waals surface area contributed by atoms with E-state index in [0.29, 0.717) is 6.54 Å². The Bertz CT molecular complexity index is 843. The Morgan fingerprint density at radius 1 is 1.26 bits per heavy atom. The molecule has 2 aromatic rings. The molecule has 2 N–H and O–H groups in total. The number of nitrogens with one attached hydrogen (secondary N) is 1. The van der Waals surface area contributed by atoms with Crippen molar-refractivity contribution < 1.29 is 28.7 Å². The molecule has 9 nitrogen and oxygen atoms in total. The van der Waals surface area contributed by atoms with E-state index >= 15 is 0 Å². The third-order valence-corrected chi connectivity index (χ3v) is 3.34. The van der Waals surface area contributed by atoms with Gasteiger partial charge in [0.05, 0.1) is 16.7 Å². The summed E-state index contributed by atoms with van der Waals surface area (Å²) < 4.78 is 25.1. The second kappa shape index (κ2) is 8.81. The fraction of sp³-hybridized carbons (Fsp3) is 0.235. The highest BCUT2D eigenvalue weighted by Gasteiger charge is 2.15. The van der Waals surface area contributed by atoms with Gasteiger partial charge >= 0.3 is 6.09 Å². The lowest BCUT2D eigenvalue weighted by atomic mass is 10.2. The first-order valence-electron chi connectivity index (χ1n) is 7.79. The largest absolute Gasteiger partial charge is 0.488 e. The zero-order valence-corrected chi connectivity index (χ0v) is 14.6. The molecule has 0 bridgehead atoms. The molecule has 0 atom stereocenters. The van der Waals surface area contributed by atoms with E-state index in [2.05, 4.69) is 0 Å². The molecule has 0 unspecified atom stereocenters. The van der Waals surface area contributed by atoms with Crippen LogP contribution in [0.3, 0.4) is 0 Å². The van der Waals surface area contributed by atoms with Gasteiger partial charge in [0.25, 0.3) is 5.69 Å². The Hall–Kier alpha value is -3.40. The number of rotatable bonds is 8. The third kappa shape index (κ3) is 5.82. The van der Waals surface area contributed by atoms with Crippen molar-refractivity contribution in [3.05, 3.63) is 52.3 Å². The molecule has 0 fully saturated rings. The molecule has 144 valence electrons. The topological polar surface area (TPSA) is 114 Å². The van der Waals surface area contributed by atoms with Crippen LogP contribution in [0.25, 0.3) is 0 Å². The number of halogens is 1. The average molecular weight is 379 g/mol. The maximum atomic E-state index is 13.9. The number of likely N-dealkylation sites (N-methyl/N-ethyl adjacent to an activating group) is 1. The van der Waals surface area contributed by atoms with Gasteiger partial charge in [-0.15, -0.1) is 0 Å². The van der Waals surface area contributed by atoms with Gasteiger partial charge in [-0.3, -0.25) is 15.4 Å². The summed E-state index contributed by atoms with van der Waals surface area (Å²) in [6, 6.07) is 7.38. The highest BCUT2D eigenvalue weighted by atomic mass is 19.1. The Morgan fingerprint density at radius 2 is 2.00 bits per heavy atom. The number of ether oxygens (including phenoxy) is 2. The van der Waals surface area contributed by atoms with Crippen LogP contribution in [-0.2, 0) is 0 Å². The van der Waals surface area contributed by atoms with E-state index < -0.39 is 16.8 Å². The number of anilines is 1. The number of nitro groups is 1. The van der Waals surface area contributed by atoms with Crippen LogP contribution in [0.4, 0.5) is 20.6 Å². The van der Waals surface area contributed by atoms with Gasteiger partial charge in [0.1, 0.15) is 12.4 Å². The number of nitrogens with zero attached hydrogens (tertiary/aromatic N) is 2. The minimum atomic E-state index is -1.39. The predicted octanol–water partition coefficient (Wildman–Crippen LogP) is 3.56. The van der Waals surface area contributed by atoms with E-state index in [1.165, 1.54) is 30.3 Å². The molecular weight excluding hydrogens is 361 g/mol. The summed E-state index contributed by atoms with van der Waals surface area (Å²) in [4.78, 5) is 22.9. The van der Waals surface area contributed by atoms with Crippen LogP contribution < -0.4 is 14.8 Å². The van der Waals surface area contributed by atoms with Crippen molar-refractivity contribution in [2.24, 2.45) is 0 Å². The number of hydrogen-bond acceptors (Lipinski definition) is 6. The number of nitro benzene ring substituents is 1. The average Bonchev–Trinajstić information content (AvgIpc) is 2.58. The van der Waals surface area contributed by atoms with Crippen LogP contribution in [0.1, 0.15) is 0 Å². The Balaban J connectivity index is 2.24. The predicted molar refractivity (Wildman–Crippen MR) is 95.3 cm³/mol. The number of benzene rings is 2. The molecule has 0 aliphatic rings. The lowest BCUT2D eigenvalue weighted by Gasteiger charge is -2.15. The molecule has 0 saturated heterocycles. The zero-order valence-electron chi connectivity index (χ0n) is 14.6. The van der Waals surface area contributed by atoms with Gasteiger partial charge < -0.3 is 19.5 Å². The van der Waals surface area contributed by atoms with Crippen LogP contribution in [0.2, 0.25) is 0 Å². The second-order valence-electron chi connectivity index (χ2n) is 5.71. The smallest absolute Gasteiger partial charge is 0.409 e. The summed E-state index contributed by atoms with van der Waals surface area (Å²) in [5, 5.41) is 21.5. The minimum absolute atomic E-state index is 0.0785. The van der Waals surface area contributed by atoms with Gasteiger partial charge in [0.2, 0.25) is 0 Å². The van der Waals surface area contributed by atoms with Crippen molar-refractivity contribution in [3.8, 4) is 17.2 Å². The van der Waals surface area contributed by atoms with E-state index in [0.717, 1.165) is 6.07 Å². The first-order chi connectivity index (χ1) is 12.8. The lowest BCUT2D eigenvalue weighted by molar-refractivity contribution is -0.385. The molecule has 0 aliphatic heterocycles. The Kier molecular flexibility index (Phi) is 6.50. The zero-order chi connectivity index (χ0) is 20.0. The van der Waals surface area contributed by atoms with Crippen LogP contribution >= 0.6 is 0 Å². The SMILES string of the molecule is CN(C)CCOc1cc([N+](=O)[O-])ccc1Oc1ccc(NC(=O)O)c(F)c1. The molecule has 0 aromatic heterocycles. The number of carboxylic acid groups (broad SMARTS) is 1. The Morgan fingerprint density at radius 3 is 2.59 bits per heavy atom. The van der Waals surface area contributed by atoms with Crippen LogP contribution in [0.15, 0.2) is 36.4 Å². The highest BCUT2D eigenvalue weighted by Crippen LogP contribution is 2.35. The molecule has 0 spiro atoms. The molecule has 1 amide bonds. The molecule has 0 radical (unpaired) electrons. The normalized spacial score (nSPS) is 10.5. The van der Waals surface area contributed by atoms with E-state index in [-0.39, 0.29) is 35.2 Å². The summed E-state index contributed by atoms with van der Waals surface area (Å²) in [6.07, 6.45) is -1.39. The fourth-order valence-electron chi connectivity index (χ4n) is 2.05. The molecule has 2 aromatic carbocycles. The quantitative estimate of drug-likeness (QED) is 0.532. The van der Waals surface area contributed by atoms with Gasteiger partial charge in [-0.05, 0) is 32.3 Å². The molecule has 27 heavy (non-hydrogen) atoms. The van der Waals surface area contributed by atoms with E-state index in [1.807, 2.05) is 24.3 Å². The molecule has 0 heterocycles. The summed E-state index contributed by atoms with van der Waals surface area (Å²) >= 11 is 0. The summed E-state index contributed by atoms with van der Waals surface area (Å²) in [5.74, 6) is -0.446. The highest BCUT2D eigenvalue weighted by molar-refractivity contribution is 5.83. The molecule has 10 heteroatoms. The van der Waals surface area contributed by atoms with Crippen LogP contribution in [0.5, 0.6) is 17.2 Å². The number of carbonyl (C=O) groups is 1. The molecule has 0 aliphatic carbocycles. The van der Waals surface area contributed by atoms with Crippen molar-refractivity contribution in [2.75, 3.05) is 32.6 Å². The van der Waals surface area contributed by atoms with Crippen molar-refractivity contribution in [3.63, 3.8) is 0 Å². The van der Waals surface area contributed by atoms with E-state index in [1.54, 1.807) is 0 Å². The molecular formula is C17H18FN3O6. The van der Waals surface area contributed by atoms with Gasteiger partial charge in [0, 0.05) is 18.7 Å². The lowest BCUT2D eigenvalue weighted by Crippen LogP contribution is -2.19. The first kappa shape index (κ1) is 19.9. The van der Waals surface area contributed by atoms with Crippen molar-refractivity contribution in [2.45, 2.75) is 0 Å². The summed E-state index contributed by atoms with van der Waals surface area (Å²) in [5.41, 5.74) is -0.393. The van der Waals surface area contributed by atoms with E-state index in [4.69, 9.17) is 14.6 Å². The Labute approximate surface area is 154 Å². The van der Waals surface area contributed by atoms with Crippen LogP contribution in [-0.4, -0.2) is 48.3 Å². The number of amides is 1. The second-order valence-corrected chi connectivity index (χ2v) is 5.71. The van der Waals surface area contributed by atoms with Crippen molar-refractivity contribution >= 4 is 17.5 Å². The van der Waals surface area contributed by atoms with Crippen molar-refractivity contribution in [1.29, 1.82) is 0 Å². The van der Waals surface area contributed by atoms with Gasteiger partial charge in [0.15, 0.2) is 17.3 Å². The standard InChI is InChI=1S/C17H18FN3O6/c1-20(2)7-8-26-16-9-11(21(24)25)3-6-15(16)27-12-4-5-14(13(18)10-12)19-17(22)23/h3-6,9-10,19H,7-8H2,1-2H3,(H,22,23). The maximum Gasteiger partial charge on any atom is 0.409 e. The van der Waals surface area contributed by atoms with Gasteiger partial charge in [-0.25, -0.2) is 9.18 Å². The molecule has 0 saturated carbocycles. The van der Waals surface area contributed by atoms with Gasteiger partial charge in [-0.1, -0.05) is 0 Å². The fourth-order valence-corrected chi connectivity index (χ4v) is 2.05.